The van der Waals surface area contributed by atoms with Crippen LogP contribution in [0.3, 0.4) is 0 Å². The number of aromatic nitrogens is 2. The van der Waals surface area contributed by atoms with Crippen LogP contribution < -0.4 is 10.5 Å². The molecule has 0 radical (unpaired) electrons. The van der Waals surface area contributed by atoms with E-state index in [9.17, 15) is 14.0 Å². The second-order valence-electron chi connectivity index (χ2n) is 7.12. The average Bonchev–Trinajstić information content (AvgIpc) is 3.45. The number of hydrogen-bond acceptors (Lipinski definition) is 4. The number of allylic oxidation sites excluding steroid dienone is 1. The first-order valence-corrected chi connectivity index (χ1v) is 9.37. The largest absolute Gasteiger partial charge is 0.360 e. The van der Waals surface area contributed by atoms with Gasteiger partial charge in [-0.3, -0.25) is 9.59 Å². The van der Waals surface area contributed by atoms with Crippen molar-refractivity contribution in [2.75, 3.05) is 11.4 Å². The Hall–Kier alpha value is -3.54. The lowest BCUT2D eigenvalue weighted by atomic mass is 10.0. The first kappa shape index (κ1) is 18.8. The zero-order valence-electron chi connectivity index (χ0n) is 16.2. The highest BCUT2D eigenvalue weighted by Crippen LogP contribution is 2.33. The highest BCUT2D eigenvalue weighted by Gasteiger charge is 2.36. The second-order valence-corrected chi connectivity index (χ2v) is 7.12. The van der Waals surface area contributed by atoms with Crippen LogP contribution in [0, 0.1) is 5.82 Å². The van der Waals surface area contributed by atoms with Gasteiger partial charge in [0.15, 0.2) is 5.78 Å². The lowest BCUT2D eigenvalue weighted by Gasteiger charge is -2.15. The molecule has 1 saturated heterocycles. The molecular formula is C23H20FN3O2. The van der Waals surface area contributed by atoms with Crippen molar-refractivity contribution in [2.45, 2.75) is 13.0 Å². The average molecular weight is 389 g/mol. The molecule has 0 amide bonds. The van der Waals surface area contributed by atoms with Gasteiger partial charge in [-0.1, -0.05) is 48.5 Å². The van der Waals surface area contributed by atoms with Crippen LogP contribution in [0.1, 0.15) is 22.8 Å². The smallest absolute Gasteiger partial charge is 0.290 e. The minimum atomic E-state index is -0.339. The molecule has 29 heavy (non-hydrogen) atoms. The van der Waals surface area contributed by atoms with Crippen molar-refractivity contribution in [1.29, 1.82) is 0 Å². The van der Waals surface area contributed by atoms with E-state index in [-0.39, 0.29) is 23.2 Å². The van der Waals surface area contributed by atoms with E-state index in [1.165, 1.54) is 22.9 Å². The predicted octanol–water partition coefficient (Wildman–Crippen LogP) is 3.69. The highest BCUT2D eigenvalue weighted by atomic mass is 19.1. The van der Waals surface area contributed by atoms with Crippen LogP contribution in [-0.2, 0) is 7.05 Å². The maximum absolute atomic E-state index is 13.2. The molecule has 1 aliphatic rings. The highest BCUT2D eigenvalue weighted by molar-refractivity contribution is 6.14. The van der Waals surface area contributed by atoms with E-state index in [0.717, 1.165) is 12.1 Å². The molecule has 0 aliphatic carbocycles. The van der Waals surface area contributed by atoms with Crippen LogP contribution >= 0.6 is 0 Å². The zero-order valence-corrected chi connectivity index (χ0v) is 16.2. The maximum Gasteiger partial charge on any atom is 0.290 e. The summed E-state index contributed by atoms with van der Waals surface area (Å²) in [7, 11) is 1.59. The molecule has 1 atom stereocenters. The van der Waals surface area contributed by atoms with E-state index >= 15 is 0 Å². The Labute approximate surface area is 167 Å². The number of nitrogens with zero attached hydrogens (tertiary/aromatic N) is 3. The summed E-state index contributed by atoms with van der Waals surface area (Å²) in [6, 6.07) is 15.4. The molecule has 1 fully saturated rings. The number of benzene rings is 2. The molecule has 146 valence electrons. The van der Waals surface area contributed by atoms with Crippen LogP contribution in [-0.4, -0.2) is 28.2 Å². The molecule has 1 aliphatic heterocycles. The molecule has 1 unspecified atom stereocenters. The number of ketones is 1. The molecule has 3 aromatic rings. The van der Waals surface area contributed by atoms with Gasteiger partial charge in [-0.15, -0.1) is 0 Å². The Morgan fingerprint density at radius 2 is 1.79 bits per heavy atom. The standard InChI is InChI=1S/C23H20FN3O2/c1-15-14-27(15)22-20(19(28)13-10-16-8-11-18(24)12-9-16)21(25-26(2)23(22)29)17-6-4-3-5-7-17/h3-13,15H,14H2,1-2H3/b13-10+. The van der Waals surface area contributed by atoms with Gasteiger partial charge in [0.1, 0.15) is 17.2 Å². The van der Waals surface area contributed by atoms with Crippen molar-refractivity contribution in [2.24, 2.45) is 7.05 Å². The van der Waals surface area contributed by atoms with Gasteiger partial charge in [0.2, 0.25) is 0 Å². The molecule has 0 saturated carbocycles. The summed E-state index contributed by atoms with van der Waals surface area (Å²) >= 11 is 0. The van der Waals surface area contributed by atoms with Crippen LogP contribution in [0.25, 0.3) is 17.3 Å². The molecule has 2 heterocycles. The summed E-state index contributed by atoms with van der Waals surface area (Å²) in [5, 5.41) is 4.40. The predicted molar refractivity (Wildman–Crippen MR) is 111 cm³/mol. The van der Waals surface area contributed by atoms with Crippen LogP contribution in [0.4, 0.5) is 10.1 Å². The third kappa shape index (κ3) is 3.74. The minimum Gasteiger partial charge on any atom is -0.360 e. The Balaban J connectivity index is 1.85. The number of aryl methyl sites for hydroxylation is 1. The van der Waals surface area contributed by atoms with E-state index in [0.29, 0.717) is 22.5 Å². The van der Waals surface area contributed by atoms with Gasteiger partial charge in [-0.2, -0.15) is 5.10 Å². The van der Waals surface area contributed by atoms with Gasteiger partial charge in [0.05, 0.1) is 5.56 Å². The lowest BCUT2D eigenvalue weighted by molar-refractivity contribution is 0.104. The number of rotatable bonds is 5. The van der Waals surface area contributed by atoms with Gasteiger partial charge in [0, 0.05) is 25.2 Å². The molecule has 0 spiro atoms. The van der Waals surface area contributed by atoms with Gasteiger partial charge >= 0.3 is 0 Å². The van der Waals surface area contributed by atoms with E-state index in [2.05, 4.69) is 5.10 Å². The minimum absolute atomic E-state index is 0.196. The van der Waals surface area contributed by atoms with E-state index < -0.39 is 0 Å². The van der Waals surface area contributed by atoms with Crippen molar-refractivity contribution in [3.8, 4) is 11.3 Å². The Morgan fingerprint density at radius 3 is 2.41 bits per heavy atom. The fraction of sp³-hybridized carbons (Fsp3) is 0.174. The van der Waals surface area contributed by atoms with Crippen LogP contribution in [0.5, 0.6) is 0 Å². The SMILES string of the molecule is CC1CN1c1c(C(=O)/C=C/c2ccc(F)cc2)c(-c2ccccc2)nn(C)c1=O. The van der Waals surface area contributed by atoms with E-state index in [1.54, 1.807) is 25.3 Å². The quantitative estimate of drug-likeness (QED) is 0.379. The van der Waals surface area contributed by atoms with E-state index in [4.69, 9.17) is 0 Å². The van der Waals surface area contributed by atoms with Crippen LogP contribution in [0.2, 0.25) is 0 Å². The van der Waals surface area contributed by atoms with Gasteiger partial charge in [0.25, 0.3) is 5.56 Å². The first-order chi connectivity index (χ1) is 14.0. The fourth-order valence-corrected chi connectivity index (χ4v) is 3.29. The number of halogens is 1. The Morgan fingerprint density at radius 1 is 1.14 bits per heavy atom. The first-order valence-electron chi connectivity index (χ1n) is 9.37. The summed E-state index contributed by atoms with van der Waals surface area (Å²) in [5.74, 6) is -0.652. The van der Waals surface area contributed by atoms with E-state index in [1.807, 2.05) is 42.2 Å². The van der Waals surface area contributed by atoms with Crippen molar-refractivity contribution in [1.82, 2.24) is 9.78 Å². The van der Waals surface area contributed by atoms with Crippen LogP contribution in [0.15, 0.2) is 65.5 Å². The number of carbonyl (C=O) groups excluding carboxylic acids is 1. The Kier molecular flexibility index (Phi) is 4.84. The third-order valence-corrected chi connectivity index (χ3v) is 4.96. The molecule has 4 rings (SSSR count). The summed E-state index contributed by atoms with van der Waals surface area (Å²) < 4.78 is 14.4. The summed E-state index contributed by atoms with van der Waals surface area (Å²) in [6.45, 7) is 2.72. The molecule has 1 aromatic heterocycles. The number of anilines is 1. The summed E-state index contributed by atoms with van der Waals surface area (Å²) in [6.07, 6.45) is 3.03. The van der Waals surface area contributed by atoms with Crippen molar-refractivity contribution in [3.05, 3.63) is 88.0 Å². The number of carbonyl (C=O) groups is 1. The molecule has 2 aromatic carbocycles. The van der Waals surface area contributed by atoms with Crippen molar-refractivity contribution >= 4 is 17.5 Å². The third-order valence-electron chi connectivity index (χ3n) is 4.96. The zero-order chi connectivity index (χ0) is 20.5. The Bertz CT molecular complexity index is 1150. The van der Waals surface area contributed by atoms with Crippen molar-refractivity contribution in [3.63, 3.8) is 0 Å². The second kappa shape index (κ2) is 7.47. The summed E-state index contributed by atoms with van der Waals surface area (Å²) in [5.41, 5.74) is 2.30. The fourth-order valence-electron chi connectivity index (χ4n) is 3.29. The van der Waals surface area contributed by atoms with Crippen molar-refractivity contribution < 1.29 is 9.18 Å². The van der Waals surface area contributed by atoms with Gasteiger partial charge in [-0.05, 0) is 30.7 Å². The lowest BCUT2D eigenvalue weighted by Crippen LogP contribution is -2.27. The number of hydrogen-bond donors (Lipinski definition) is 0. The topological polar surface area (TPSA) is 55.0 Å². The van der Waals surface area contributed by atoms with Gasteiger partial charge < -0.3 is 4.90 Å². The molecule has 6 heteroatoms. The molecule has 5 nitrogen and oxygen atoms in total. The summed E-state index contributed by atoms with van der Waals surface area (Å²) in [4.78, 5) is 28.0. The molecular weight excluding hydrogens is 369 g/mol. The normalized spacial score (nSPS) is 15.7. The molecule has 0 bridgehead atoms. The maximum atomic E-state index is 13.2. The monoisotopic (exact) mass is 389 g/mol. The molecule has 0 N–H and O–H groups in total. The van der Waals surface area contributed by atoms with Gasteiger partial charge in [-0.25, -0.2) is 9.07 Å².